The van der Waals surface area contributed by atoms with Gasteiger partial charge in [0.25, 0.3) is 11.8 Å². The second kappa shape index (κ2) is 9.93. The number of rotatable bonds is 6. The van der Waals surface area contributed by atoms with Crippen molar-refractivity contribution in [2.45, 2.75) is 10.1 Å². The minimum atomic E-state index is -0.282. The Balaban J connectivity index is 1.18. The summed E-state index contributed by atoms with van der Waals surface area (Å²) < 4.78 is 5.48. The summed E-state index contributed by atoms with van der Waals surface area (Å²) in [5, 5.41) is 8.39. The van der Waals surface area contributed by atoms with E-state index in [1.807, 2.05) is 66.7 Å². The van der Waals surface area contributed by atoms with E-state index in [-0.39, 0.29) is 11.8 Å². The lowest BCUT2D eigenvalue weighted by atomic mass is 10.1. The van der Waals surface area contributed by atoms with Gasteiger partial charge in [-0.2, -0.15) is 4.98 Å². The van der Waals surface area contributed by atoms with Gasteiger partial charge >= 0.3 is 0 Å². The zero-order valence-corrected chi connectivity index (χ0v) is 20.8. The molecule has 1 amide bonds. The van der Waals surface area contributed by atoms with Crippen molar-refractivity contribution in [2.24, 2.45) is 0 Å². The Morgan fingerprint density at radius 3 is 2.54 bits per heavy atom. The van der Waals surface area contributed by atoms with Gasteiger partial charge in [0.2, 0.25) is 5.82 Å². The molecule has 2 heterocycles. The third-order valence-corrected chi connectivity index (χ3v) is 6.73. The summed E-state index contributed by atoms with van der Waals surface area (Å²) in [4.78, 5) is 26.5. The molecule has 9 heteroatoms. The minimum Gasteiger partial charge on any atom is -0.334 e. The van der Waals surface area contributed by atoms with Gasteiger partial charge in [0.05, 0.1) is 22.2 Å². The zero-order chi connectivity index (χ0) is 25.2. The molecule has 0 aliphatic rings. The average molecular weight is 524 g/mol. The predicted octanol–water partition coefficient (Wildman–Crippen LogP) is 7.34. The van der Waals surface area contributed by atoms with Crippen LogP contribution in [0.15, 0.2) is 112 Å². The highest BCUT2D eigenvalue weighted by Crippen LogP contribution is 2.29. The molecule has 2 aromatic heterocycles. The monoisotopic (exact) mass is 523 g/mol. The topological polar surface area (TPSA) is 96.7 Å². The first-order valence-electron chi connectivity index (χ1n) is 11.4. The van der Waals surface area contributed by atoms with Crippen LogP contribution in [0.3, 0.4) is 0 Å². The lowest BCUT2D eigenvalue weighted by Crippen LogP contribution is -2.13. The maximum absolute atomic E-state index is 13.2. The predicted molar refractivity (Wildman–Crippen MR) is 145 cm³/mol. The normalized spacial score (nSPS) is 11.1. The van der Waals surface area contributed by atoms with E-state index < -0.39 is 0 Å². The number of nitrogens with zero attached hydrogens (tertiary/aromatic N) is 3. The fourth-order valence-corrected chi connectivity index (χ4v) is 4.83. The van der Waals surface area contributed by atoms with E-state index in [4.69, 9.17) is 16.1 Å². The van der Waals surface area contributed by atoms with Crippen LogP contribution in [0, 0.1) is 0 Å². The molecule has 0 saturated heterocycles. The number of amides is 1. The summed E-state index contributed by atoms with van der Waals surface area (Å²) in [5.74, 6) is 0.361. The van der Waals surface area contributed by atoms with Crippen molar-refractivity contribution in [1.82, 2.24) is 20.1 Å². The van der Waals surface area contributed by atoms with Crippen molar-refractivity contribution in [3.63, 3.8) is 0 Å². The van der Waals surface area contributed by atoms with E-state index in [9.17, 15) is 4.79 Å². The van der Waals surface area contributed by atoms with Crippen LogP contribution in [0.4, 0.5) is 5.69 Å². The van der Waals surface area contributed by atoms with Crippen LogP contribution < -0.4 is 5.32 Å². The van der Waals surface area contributed by atoms with Crippen LogP contribution >= 0.6 is 23.4 Å². The van der Waals surface area contributed by atoms with Crippen LogP contribution in [-0.2, 0) is 0 Å². The molecule has 0 unspecified atom stereocenters. The number of hydrogen-bond acceptors (Lipinski definition) is 6. The van der Waals surface area contributed by atoms with Gasteiger partial charge in [-0.25, -0.2) is 4.98 Å². The molecule has 6 rings (SSSR count). The smallest absolute Gasteiger partial charge is 0.259 e. The summed E-state index contributed by atoms with van der Waals surface area (Å²) in [6, 6.07) is 29.8. The molecule has 0 fully saturated rings. The SMILES string of the molecule is O=C(Nc1ccc(Sc2nc3ccccc3[nH]2)cc1)c1ccccc1-c1nc(-c2cccc(Cl)c2)no1. The van der Waals surface area contributed by atoms with Crippen molar-refractivity contribution >= 4 is 46.0 Å². The molecule has 2 N–H and O–H groups in total. The molecule has 7 nitrogen and oxygen atoms in total. The van der Waals surface area contributed by atoms with Crippen LogP contribution in [0.25, 0.3) is 33.9 Å². The highest BCUT2D eigenvalue weighted by atomic mass is 35.5. The number of fused-ring (bicyclic) bond motifs is 1. The standard InChI is InChI=1S/C28H18ClN5O2S/c29-18-7-5-6-17(16-18)25-33-27(36-34-25)22-9-2-1-8-21(22)26(35)30-19-12-14-20(15-13-19)37-28-31-23-10-3-4-11-24(23)32-28/h1-16H,(H,30,35)(H,31,32). The number of carbonyl (C=O) groups is 1. The number of anilines is 1. The average Bonchev–Trinajstić information content (AvgIpc) is 3.57. The summed E-state index contributed by atoms with van der Waals surface area (Å²) >= 11 is 7.61. The third-order valence-electron chi connectivity index (χ3n) is 5.61. The molecular formula is C28H18ClN5O2S. The number of imidazole rings is 1. The molecule has 180 valence electrons. The van der Waals surface area contributed by atoms with Crippen LogP contribution in [0.1, 0.15) is 10.4 Å². The van der Waals surface area contributed by atoms with E-state index in [1.165, 1.54) is 11.8 Å². The first kappa shape index (κ1) is 23.0. The highest BCUT2D eigenvalue weighted by Gasteiger charge is 2.18. The van der Waals surface area contributed by atoms with Gasteiger partial charge < -0.3 is 14.8 Å². The number of hydrogen-bond donors (Lipinski definition) is 2. The van der Waals surface area contributed by atoms with Gasteiger partial charge in [-0.1, -0.05) is 64.9 Å². The summed E-state index contributed by atoms with van der Waals surface area (Å²) in [7, 11) is 0. The zero-order valence-electron chi connectivity index (χ0n) is 19.2. The largest absolute Gasteiger partial charge is 0.334 e. The molecule has 0 aliphatic carbocycles. The number of aromatic nitrogens is 4. The third kappa shape index (κ3) is 4.97. The Labute approximate surface area is 220 Å². The number of H-pyrrole nitrogens is 1. The van der Waals surface area contributed by atoms with Gasteiger partial charge in [0.15, 0.2) is 5.16 Å². The molecular weight excluding hydrogens is 506 g/mol. The molecule has 37 heavy (non-hydrogen) atoms. The van der Waals surface area contributed by atoms with Crippen LogP contribution in [0.2, 0.25) is 5.02 Å². The lowest BCUT2D eigenvalue weighted by Gasteiger charge is -2.08. The molecule has 0 atom stereocenters. The van der Waals surface area contributed by atoms with Gasteiger partial charge in [-0.15, -0.1) is 0 Å². The van der Waals surface area contributed by atoms with Crippen molar-refractivity contribution < 1.29 is 9.32 Å². The molecule has 0 radical (unpaired) electrons. The van der Waals surface area contributed by atoms with Crippen molar-refractivity contribution in [2.75, 3.05) is 5.32 Å². The first-order chi connectivity index (χ1) is 18.1. The Morgan fingerprint density at radius 1 is 0.892 bits per heavy atom. The van der Waals surface area contributed by atoms with Gasteiger partial charge in [-0.05, 0) is 60.7 Å². The lowest BCUT2D eigenvalue weighted by molar-refractivity contribution is 0.102. The molecule has 0 saturated carbocycles. The van der Waals surface area contributed by atoms with Gasteiger partial charge in [0.1, 0.15) is 0 Å². The molecule has 0 aliphatic heterocycles. The Kier molecular flexibility index (Phi) is 6.18. The molecule has 0 bridgehead atoms. The van der Waals surface area contributed by atoms with E-state index in [1.54, 1.807) is 30.3 Å². The fourth-order valence-electron chi connectivity index (χ4n) is 3.84. The summed E-state index contributed by atoms with van der Waals surface area (Å²) in [6.45, 7) is 0. The Morgan fingerprint density at radius 2 is 1.70 bits per heavy atom. The number of para-hydroxylation sites is 2. The van der Waals surface area contributed by atoms with Gasteiger partial charge in [-0.3, -0.25) is 4.79 Å². The second-order valence-corrected chi connectivity index (χ2v) is 9.62. The van der Waals surface area contributed by atoms with Crippen molar-refractivity contribution in [3.05, 3.63) is 108 Å². The van der Waals surface area contributed by atoms with Crippen molar-refractivity contribution in [3.8, 4) is 22.8 Å². The minimum absolute atomic E-state index is 0.248. The summed E-state index contributed by atoms with van der Waals surface area (Å²) in [6.07, 6.45) is 0. The quantitative estimate of drug-likeness (QED) is 0.237. The van der Waals surface area contributed by atoms with E-state index in [2.05, 4.69) is 25.4 Å². The fraction of sp³-hybridized carbons (Fsp3) is 0. The molecule has 6 aromatic rings. The molecule has 0 spiro atoms. The maximum Gasteiger partial charge on any atom is 0.259 e. The van der Waals surface area contributed by atoms with Gasteiger partial charge in [0, 0.05) is 21.2 Å². The summed E-state index contributed by atoms with van der Waals surface area (Å²) in [5.41, 5.74) is 4.27. The first-order valence-corrected chi connectivity index (χ1v) is 12.5. The molecule has 4 aromatic carbocycles. The number of carbonyl (C=O) groups excluding carboxylic acids is 1. The highest BCUT2D eigenvalue weighted by molar-refractivity contribution is 7.99. The number of halogens is 1. The van der Waals surface area contributed by atoms with Crippen LogP contribution in [0.5, 0.6) is 0 Å². The van der Waals surface area contributed by atoms with Crippen LogP contribution in [-0.4, -0.2) is 26.0 Å². The van der Waals surface area contributed by atoms with E-state index in [0.29, 0.717) is 27.7 Å². The Bertz CT molecular complexity index is 1700. The number of benzene rings is 4. The number of aromatic amines is 1. The second-order valence-electron chi connectivity index (χ2n) is 8.12. The van der Waals surface area contributed by atoms with E-state index in [0.717, 1.165) is 26.6 Å². The number of nitrogens with one attached hydrogen (secondary N) is 2. The Hall–Kier alpha value is -4.40. The van der Waals surface area contributed by atoms with Crippen molar-refractivity contribution in [1.29, 1.82) is 0 Å². The van der Waals surface area contributed by atoms with E-state index >= 15 is 0 Å². The maximum atomic E-state index is 13.2.